The fourth-order valence-electron chi connectivity index (χ4n) is 5.08. The maximum absolute atomic E-state index is 13.6. The minimum absolute atomic E-state index is 0.145. The minimum Gasteiger partial charge on any atom is -0.460 e. The summed E-state index contributed by atoms with van der Waals surface area (Å²) in [6.45, 7) is 4.00. The molecule has 0 saturated carbocycles. The Bertz CT molecular complexity index is 1830. The van der Waals surface area contributed by atoms with Crippen LogP contribution in [0.3, 0.4) is 0 Å². The Labute approximate surface area is 299 Å². The second-order valence-corrected chi connectivity index (χ2v) is 11.5. The fraction of sp³-hybridized carbons (Fsp3) is 0.225. The molecule has 0 spiro atoms. The lowest BCUT2D eigenvalue weighted by Gasteiger charge is -2.44. The first-order valence-corrected chi connectivity index (χ1v) is 16.3. The molecule has 1 fully saturated rings. The van der Waals surface area contributed by atoms with Crippen LogP contribution in [0.2, 0.25) is 0 Å². The summed E-state index contributed by atoms with van der Waals surface area (Å²) in [5.41, 5.74) is 0.865. The zero-order chi connectivity index (χ0) is 36.9. The van der Waals surface area contributed by atoms with Gasteiger partial charge in [-0.3, -0.25) is 0 Å². The van der Waals surface area contributed by atoms with Crippen molar-refractivity contribution in [3.05, 3.63) is 156 Å². The summed E-state index contributed by atoms with van der Waals surface area (Å²) in [7, 11) is 0. The summed E-state index contributed by atoms with van der Waals surface area (Å²) in [6, 6.07) is 32.2. The summed E-state index contributed by atoms with van der Waals surface area (Å²) < 4.78 is 40.9. The number of benzene rings is 4. The van der Waals surface area contributed by atoms with E-state index in [0.717, 1.165) is 0 Å². The quantitative estimate of drug-likeness (QED) is 0.0716. The Hall–Kier alpha value is -6.11. The predicted molar refractivity (Wildman–Crippen MR) is 184 cm³/mol. The van der Waals surface area contributed by atoms with Gasteiger partial charge in [0.05, 0.1) is 28.9 Å². The second kappa shape index (κ2) is 18.2. The van der Waals surface area contributed by atoms with E-state index in [4.69, 9.17) is 33.2 Å². The van der Waals surface area contributed by atoms with Crippen molar-refractivity contribution in [2.24, 2.45) is 0 Å². The van der Waals surface area contributed by atoms with Crippen molar-refractivity contribution in [3.63, 3.8) is 0 Å². The number of hydrogen-bond donors (Lipinski definition) is 0. The highest BCUT2D eigenvalue weighted by molar-refractivity contribution is 5.91. The molecule has 0 bridgehead atoms. The average molecular weight is 709 g/mol. The molecule has 1 aliphatic heterocycles. The van der Waals surface area contributed by atoms with Gasteiger partial charge in [0.1, 0.15) is 19.3 Å². The lowest BCUT2D eigenvalue weighted by atomic mass is 9.97. The van der Waals surface area contributed by atoms with Gasteiger partial charge in [0.2, 0.25) is 0 Å². The second-order valence-electron chi connectivity index (χ2n) is 11.5. The first kappa shape index (κ1) is 37.2. The maximum atomic E-state index is 13.6. The van der Waals surface area contributed by atoms with Gasteiger partial charge in [0, 0.05) is 5.57 Å². The van der Waals surface area contributed by atoms with Gasteiger partial charge in [-0.05, 0) is 55.5 Å². The lowest BCUT2D eigenvalue weighted by molar-refractivity contribution is -0.299. The van der Waals surface area contributed by atoms with E-state index in [1.54, 1.807) is 84.9 Å². The molecule has 1 saturated heterocycles. The van der Waals surface area contributed by atoms with Crippen LogP contribution in [0.1, 0.15) is 48.4 Å². The molecular formula is C40H36O12. The van der Waals surface area contributed by atoms with Crippen molar-refractivity contribution in [1.29, 1.82) is 0 Å². The van der Waals surface area contributed by atoms with Gasteiger partial charge in [0.15, 0.2) is 24.6 Å². The number of ether oxygens (including phenoxy) is 7. The van der Waals surface area contributed by atoms with Crippen LogP contribution in [0.15, 0.2) is 133 Å². The topological polar surface area (TPSA) is 150 Å². The van der Waals surface area contributed by atoms with Crippen molar-refractivity contribution in [2.45, 2.75) is 37.6 Å². The van der Waals surface area contributed by atoms with Crippen molar-refractivity contribution >= 4 is 29.8 Å². The summed E-state index contributed by atoms with van der Waals surface area (Å²) in [5, 5.41) is 0. The molecule has 0 aromatic heterocycles. The zero-order valence-corrected chi connectivity index (χ0v) is 28.2. The van der Waals surface area contributed by atoms with Crippen LogP contribution in [0.4, 0.5) is 0 Å². The Morgan fingerprint density at radius 2 is 0.942 bits per heavy atom. The normalized spacial score (nSPS) is 19.4. The van der Waals surface area contributed by atoms with Gasteiger partial charge in [-0.25, -0.2) is 24.0 Å². The number of carbonyl (C=O) groups is 5. The number of esters is 5. The third-order valence-electron chi connectivity index (χ3n) is 7.68. The van der Waals surface area contributed by atoms with Crippen molar-refractivity contribution in [1.82, 2.24) is 0 Å². The Balaban J connectivity index is 1.53. The van der Waals surface area contributed by atoms with E-state index in [1.165, 1.54) is 43.3 Å². The van der Waals surface area contributed by atoms with Crippen LogP contribution in [0.5, 0.6) is 0 Å². The Morgan fingerprint density at radius 1 is 0.538 bits per heavy atom. The van der Waals surface area contributed by atoms with Crippen LogP contribution in [0, 0.1) is 0 Å². The highest BCUT2D eigenvalue weighted by Crippen LogP contribution is 2.32. The van der Waals surface area contributed by atoms with Crippen molar-refractivity contribution in [2.75, 3.05) is 19.8 Å². The molecule has 1 heterocycles. The molecule has 0 N–H and O–H groups in total. The molecule has 4 aromatic carbocycles. The average Bonchev–Trinajstić information content (AvgIpc) is 3.18. The van der Waals surface area contributed by atoms with Crippen LogP contribution in [-0.4, -0.2) is 80.4 Å². The summed E-state index contributed by atoms with van der Waals surface area (Å²) >= 11 is 0. The molecule has 4 aromatic rings. The van der Waals surface area contributed by atoms with E-state index in [2.05, 4.69) is 6.58 Å². The van der Waals surface area contributed by atoms with Crippen LogP contribution in [-0.2, 0) is 38.0 Å². The molecule has 0 aliphatic carbocycles. The molecule has 12 heteroatoms. The largest absolute Gasteiger partial charge is 0.460 e. The smallest absolute Gasteiger partial charge is 0.338 e. The number of hydrogen-bond acceptors (Lipinski definition) is 12. The molecule has 0 radical (unpaired) electrons. The zero-order valence-electron chi connectivity index (χ0n) is 28.2. The monoisotopic (exact) mass is 708 g/mol. The van der Waals surface area contributed by atoms with Gasteiger partial charge in [0.25, 0.3) is 0 Å². The van der Waals surface area contributed by atoms with E-state index in [-0.39, 0.29) is 41.0 Å². The first-order chi connectivity index (χ1) is 25.2. The third-order valence-corrected chi connectivity index (χ3v) is 7.68. The van der Waals surface area contributed by atoms with E-state index < -0.39 is 67.2 Å². The van der Waals surface area contributed by atoms with E-state index in [9.17, 15) is 24.0 Å². The SMILES string of the molecule is C=C(C)C(=O)OCCO[C@H]1O[C@H](COC(=O)c2ccccc2)[C@H](OC(=O)c2ccccc2)[C@H](OC(=O)c2ccccc2)[C@H]1OC(=O)c1ccccc1. The van der Waals surface area contributed by atoms with Crippen LogP contribution in [0.25, 0.3) is 0 Å². The molecule has 268 valence electrons. The maximum Gasteiger partial charge on any atom is 0.338 e. The van der Waals surface area contributed by atoms with E-state index in [1.807, 2.05) is 0 Å². The van der Waals surface area contributed by atoms with Crippen LogP contribution >= 0.6 is 0 Å². The van der Waals surface area contributed by atoms with Gasteiger partial charge in [-0.1, -0.05) is 79.4 Å². The molecule has 12 nitrogen and oxygen atoms in total. The summed E-state index contributed by atoms with van der Waals surface area (Å²) in [4.78, 5) is 65.8. The molecule has 5 rings (SSSR count). The highest BCUT2D eigenvalue weighted by atomic mass is 16.7. The molecule has 0 amide bonds. The third kappa shape index (κ3) is 9.99. The Morgan fingerprint density at radius 3 is 1.38 bits per heavy atom. The van der Waals surface area contributed by atoms with Gasteiger partial charge in [-0.2, -0.15) is 0 Å². The highest BCUT2D eigenvalue weighted by Gasteiger charge is 2.53. The molecule has 5 atom stereocenters. The van der Waals surface area contributed by atoms with Gasteiger partial charge < -0.3 is 33.2 Å². The van der Waals surface area contributed by atoms with Gasteiger partial charge in [-0.15, -0.1) is 0 Å². The first-order valence-electron chi connectivity index (χ1n) is 16.3. The number of carbonyl (C=O) groups excluding carboxylic acids is 5. The molecule has 1 aliphatic rings. The molecule has 0 unspecified atom stereocenters. The van der Waals surface area contributed by atoms with E-state index in [0.29, 0.717) is 0 Å². The number of rotatable bonds is 14. The fourth-order valence-corrected chi connectivity index (χ4v) is 5.08. The minimum atomic E-state index is -1.58. The molecular weight excluding hydrogens is 672 g/mol. The van der Waals surface area contributed by atoms with Gasteiger partial charge >= 0.3 is 29.8 Å². The standard InChI is InChI=1S/C40H36O12/c1-26(2)35(41)46-23-24-47-40-34(52-39(45)30-21-13-6-14-22-30)33(51-38(44)29-19-11-5-12-20-29)32(50-37(43)28-17-9-4-10-18-28)31(49-40)25-48-36(42)27-15-7-3-8-16-27/h3-22,31-34,40H,1,23-25H2,2H3/t31-,32+,33+,34-,40+/m1/s1. The van der Waals surface area contributed by atoms with E-state index >= 15 is 0 Å². The molecule has 52 heavy (non-hydrogen) atoms. The predicted octanol–water partition coefficient (Wildman–Crippen LogP) is 5.38. The van der Waals surface area contributed by atoms with Crippen LogP contribution < -0.4 is 0 Å². The summed E-state index contributed by atoms with van der Waals surface area (Å²) in [5.74, 6) is -3.87. The Kier molecular flexibility index (Phi) is 13.0. The lowest BCUT2D eigenvalue weighted by Crippen LogP contribution is -2.63. The van der Waals surface area contributed by atoms with Crippen molar-refractivity contribution in [3.8, 4) is 0 Å². The van der Waals surface area contributed by atoms with Crippen molar-refractivity contribution < 1.29 is 57.1 Å². The summed E-state index contributed by atoms with van der Waals surface area (Å²) in [6.07, 6.45) is -7.50.